The molecule has 9 heteroatoms. The van der Waals surface area contributed by atoms with Crippen molar-refractivity contribution in [2.24, 2.45) is 11.5 Å². The summed E-state index contributed by atoms with van der Waals surface area (Å²) in [5, 5.41) is 16.2. The molecule has 2 aromatic rings. The Morgan fingerprint density at radius 3 is 2.53 bits per heavy atom. The Morgan fingerprint density at radius 1 is 1.16 bits per heavy atom. The van der Waals surface area contributed by atoms with Gasteiger partial charge in [-0.25, -0.2) is 4.98 Å². The smallest absolute Gasteiger partial charge is 0.252 e. The predicted molar refractivity (Wildman–Crippen MR) is 131 cm³/mol. The first kappa shape index (κ1) is 22.2. The van der Waals surface area contributed by atoms with Gasteiger partial charge in [-0.3, -0.25) is 4.79 Å². The van der Waals surface area contributed by atoms with E-state index in [2.05, 4.69) is 38.7 Å². The number of hydrogen-bond donors (Lipinski definition) is 4. The standard InChI is InChI=1S/C23H29N7OS/c24-14-15-13-18(21(26)31)23(29-22(15)28-20-4-2-1-3-19(20)25)27-16-5-7-17(8-6-16)30-9-11-32-12-10-30/h5-8,13,19-20H,1-4,9-12,25H2,(H2,26,31)(H2,27,28,29)/t19-,20+/m0/s1. The molecule has 1 saturated carbocycles. The first-order chi connectivity index (χ1) is 15.5. The van der Waals surface area contributed by atoms with Crippen LogP contribution in [0.5, 0.6) is 0 Å². The minimum Gasteiger partial charge on any atom is -0.370 e. The number of carbonyl (C=O) groups is 1. The fourth-order valence-electron chi connectivity index (χ4n) is 4.22. The summed E-state index contributed by atoms with van der Waals surface area (Å²) in [6.45, 7) is 2.08. The number of rotatable bonds is 6. The highest BCUT2D eigenvalue weighted by Gasteiger charge is 2.24. The van der Waals surface area contributed by atoms with Crippen LogP contribution in [0.1, 0.15) is 41.6 Å². The van der Waals surface area contributed by atoms with E-state index in [0.29, 0.717) is 11.6 Å². The average Bonchev–Trinajstić information content (AvgIpc) is 2.81. The Morgan fingerprint density at radius 2 is 1.88 bits per heavy atom. The van der Waals surface area contributed by atoms with E-state index in [1.54, 1.807) is 0 Å². The molecular formula is C23H29N7OS. The van der Waals surface area contributed by atoms with Gasteiger partial charge in [0.2, 0.25) is 0 Å². The van der Waals surface area contributed by atoms with Gasteiger partial charge in [-0.1, -0.05) is 12.8 Å². The zero-order chi connectivity index (χ0) is 22.5. The van der Waals surface area contributed by atoms with Crippen molar-refractivity contribution in [2.45, 2.75) is 37.8 Å². The van der Waals surface area contributed by atoms with E-state index in [4.69, 9.17) is 11.5 Å². The topological polar surface area (TPSA) is 133 Å². The van der Waals surface area contributed by atoms with Crippen molar-refractivity contribution in [3.63, 3.8) is 0 Å². The molecule has 0 unspecified atom stereocenters. The number of aromatic nitrogens is 1. The number of anilines is 4. The van der Waals surface area contributed by atoms with Crippen LogP contribution in [0, 0.1) is 11.3 Å². The quantitative estimate of drug-likeness (QED) is 0.527. The lowest BCUT2D eigenvalue weighted by molar-refractivity contribution is 0.100. The molecule has 1 aromatic carbocycles. The Labute approximate surface area is 192 Å². The highest BCUT2D eigenvalue weighted by Crippen LogP contribution is 2.28. The number of nitriles is 1. The van der Waals surface area contributed by atoms with Crippen LogP contribution in [0.15, 0.2) is 30.3 Å². The first-order valence-corrected chi connectivity index (χ1v) is 12.2. The number of nitrogens with two attached hydrogens (primary N) is 2. The van der Waals surface area contributed by atoms with Crippen molar-refractivity contribution >= 4 is 40.7 Å². The van der Waals surface area contributed by atoms with Crippen LogP contribution in [0.4, 0.5) is 23.0 Å². The number of pyridine rings is 1. The van der Waals surface area contributed by atoms with Crippen LogP contribution in [0.25, 0.3) is 0 Å². The maximum absolute atomic E-state index is 12.1. The van der Waals surface area contributed by atoms with E-state index >= 15 is 0 Å². The first-order valence-electron chi connectivity index (χ1n) is 11.0. The van der Waals surface area contributed by atoms with Crippen LogP contribution < -0.4 is 27.0 Å². The highest BCUT2D eigenvalue weighted by molar-refractivity contribution is 7.99. The van der Waals surface area contributed by atoms with Crippen LogP contribution in [-0.2, 0) is 0 Å². The third-order valence-electron chi connectivity index (χ3n) is 6.06. The molecule has 2 heterocycles. The largest absolute Gasteiger partial charge is 0.370 e. The summed E-state index contributed by atoms with van der Waals surface area (Å²) in [4.78, 5) is 19.0. The number of nitrogens with zero attached hydrogens (tertiary/aromatic N) is 3. The van der Waals surface area contributed by atoms with Crippen molar-refractivity contribution < 1.29 is 4.79 Å². The second-order valence-electron chi connectivity index (χ2n) is 8.23. The summed E-state index contributed by atoms with van der Waals surface area (Å²) < 4.78 is 0. The molecule has 168 valence electrons. The van der Waals surface area contributed by atoms with E-state index in [1.807, 2.05) is 23.9 Å². The molecule has 6 N–H and O–H groups in total. The maximum Gasteiger partial charge on any atom is 0.252 e. The fraction of sp³-hybridized carbons (Fsp3) is 0.435. The van der Waals surface area contributed by atoms with Gasteiger partial charge in [0.1, 0.15) is 17.7 Å². The molecule has 4 rings (SSSR count). The number of primary amides is 1. The number of hydrogen-bond acceptors (Lipinski definition) is 8. The van der Waals surface area contributed by atoms with Gasteiger partial charge in [-0.05, 0) is 43.2 Å². The molecule has 1 aliphatic heterocycles. The van der Waals surface area contributed by atoms with E-state index in [9.17, 15) is 10.1 Å². The van der Waals surface area contributed by atoms with Crippen molar-refractivity contribution in [3.05, 3.63) is 41.5 Å². The number of carbonyl (C=O) groups excluding carboxylic acids is 1. The van der Waals surface area contributed by atoms with Gasteiger partial charge in [-0.15, -0.1) is 0 Å². The molecule has 2 atom stereocenters. The molecule has 0 spiro atoms. The van der Waals surface area contributed by atoms with Gasteiger partial charge in [0.25, 0.3) is 5.91 Å². The molecule has 1 amide bonds. The molecule has 32 heavy (non-hydrogen) atoms. The zero-order valence-corrected chi connectivity index (χ0v) is 18.8. The number of thioether (sulfide) groups is 1. The molecule has 0 bridgehead atoms. The minimum absolute atomic E-state index is 0.00468. The van der Waals surface area contributed by atoms with E-state index in [1.165, 1.54) is 11.8 Å². The van der Waals surface area contributed by atoms with E-state index in [0.717, 1.165) is 56.0 Å². The molecule has 1 saturated heterocycles. The normalized spacial score (nSPS) is 20.9. The Bertz CT molecular complexity index is 999. The zero-order valence-electron chi connectivity index (χ0n) is 18.0. The Balaban J connectivity index is 1.58. The van der Waals surface area contributed by atoms with Crippen molar-refractivity contribution in [1.29, 1.82) is 5.26 Å². The van der Waals surface area contributed by atoms with E-state index in [-0.39, 0.29) is 23.2 Å². The highest BCUT2D eigenvalue weighted by atomic mass is 32.2. The molecule has 0 radical (unpaired) electrons. The lowest BCUT2D eigenvalue weighted by atomic mass is 9.91. The summed E-state index contributed by atoms with van der Waals surface area (Å²) in [5.41, 5.74) is 14.3. The van der Waals surface area contributed by atoms with Crippen molar-refractivity contribution in [3.8, 4) is 6.07 Å². The van der Waals surface area contributed by atoms with Crippen molar-refractivity contribution in [2.75, 3.05) is 40.1 Å². The number of nitrogens with one attached hydrogen (secondary N) is 2. The Kier molecular flexibility index (Phi) is 7.02. The van der Waals surface area contributed by atoms with Gasteiger partial charge >= 0.3 is 0 Å². The van der Waals surface area contributed by atoms with Gasteiger partial charge in [0.05, 0.1) is 11.1 Å². The third-order valence-corrected chi connectivity index (χ3v) is 7.00. The molecule has 2 fully saturated rings. The Hall–Kier alpha value is -2.96. The molecule has 2 aliphatic rings. The third kappa shape index (κ3) is 5.09. The summed E-state index contributed by atoms with van der Waals surface area (Å²) in [6.07, 6.45) is 4.05. The number of amides is 1. The summed E-state index contributed by atoms with van der Waals surface area (Å²) >= 11 is 1.98. The molecule has 1 aliphatic carbocycles. The van der Waals surface area contributed by atoms with Gasteiger partial charge in [0.15, 0.2) is 0 Å². The lowest BCUT2D eigenvalue weighted by Crippen LogP contribution is -2.43. The molecule has 8 nitrogen and oxygen atoms in total. The lowest BCUT2D eigenvalue weighted by Gasteiger charge is -2.30. The van der Waals surface area contributed by atoms with Crippen LogP contribution in [0.2, 0.25) is 0 Å². The van der Waals surface area contributed by atoms with Gasteiger partial charge in [0, 0.05) is 48.1 Å². The van der Waals surface area contributed by atoms with E-state index < -0.39 is 5.91 Å². The number of benzene rings is 1. The van der Waals surface area contributed by atoms with Gasteiger partial charge < -0.3 is 27.0 Å². The second kappa shape index (κ2) is 10.1. The SMILES string of the molecule is N#Cc1cc(C(N)=O)c(Nc2ccc(N3CCSCC3)cc2)nc1N[C@@H]1CCCC[C@@H]1N. The maximum atomic E-state index is 12.1. The van der Waals surface area contributed by atoms with Crippen LogP contribution in [0.3, 0.4) is 0 Å². The molecular weight excluding hydrogens is 422 g/mol. The van der Waals surface area contributed by atoms with Crippen molar-refractivity contribution in [1.82, 2.24) is 4.98 Å². The average molecular weight is 452 g/mol. The summed E-state index contributed by atoms with van der Waals surface area (Å²) in [6, 6.07) is 11.7. The fourth-order valence-corrected chi connectivity index (χ4v) is 5.12. The second-order valence-corrected chi connectivity index (χ2v) is 9.45. The summed E-state index contributed by atoms with van der Waals surface area (Å²) in [7, 11) is 0. The minimum atomic E-state index is -0.639. The van der Waals surface area contributed by atoms with Gasteiger partial charge in [-0.2, -0.15) is 17.0 Å². The summed E-state index contributed by atoms with van der Waals surface area (Å²) in [5.74, 6) is 2.38. The molecule has 1 aromatic heterocycles. The van der Waals surface area contributed by atoms with Crippen LogP contribution >= 0.6 is 11.8 Å². The monoisotopic (exact) mass is 451 g/mol. The predicted octanol–water partition coefficient (Wildman–Crippen LogP) is 3.03. The van der Waals surface area contributed by atoms with Crippen LogP contribution in [-0.4, -0.2) is 47.6 Å².